The van der Waals surface area contributed by atoms with Crippen molar-refractivity contribution in [2.45, 2.75) is 57.9 Å². The maximum Gasteiger partial charge on any atom is 0.104 e. The molecule has 0 aliphatic carbocycles. The molecule has 2 nitrogen and oxygen atoms in total. The van der Waals surface area contributed by atoms with E-state index in [9.17, 15) is 0 Å². The Morgan fingerprint density at radius 1 is 1.17 bits per heavy atom. The SMILES string of the molecule is CCCCC(N)(C#N)CCCC. The Balaban J connectivity index is 3.81. The summed E-state index contributed by atoms with van der Waals surface area (Å²) in [6.07, 6.45) is 6.06. The van der Waals surface area contributed by atoms with Gasteiger partial charge >= 0.3 is 0 Å². The van der Waals surface area contributed by atoms with Gasteiger partial charge in [0, 0.05) is 0 Å². The molecule has 2 N–H and O–H groups in total. The molecule has 0 unspecified atom stereocenters. The lowest BCUT2D eigenvalue weighted by Crippen LogP contribution is -2.37. The van der Waals surface area contributed by atoms with E-state index in [2.05, 4.69) is 19.9 Å². The fraction of sp³-hybridized carbons (Fsp3) is 0.900. The summed E-state index contributed by atoms with van der Waals surface area (Å²) in [5.41, 5.74) is 5.36. The van der Waals surface area contributed by atoms with E-state index in [0.717, 1.165) is 38.5 Å². The molecule has 0 aliphatic heterocycles. The van der Waals surface area contributed by atoms with Crippen molar-refractivity contribution in [3.8, 4) is 6.07 Å². The monoisotopic (exact) mass is 168 g/mol. The molecule has 0 saturated carbocycles. The third kappa shape index (κ3) is 4.35. The summed E-state index contributed by atoms with van der Waals surface area (Å²) in [7, 11) is 0. The predicted octanol–water partition coefficient (Wildman–Crippen LogP) is 2.59. The van der Waals surface area contributed by atoms with Gasteiger partial charge in [-0.1, -0.05) is 39.5 Å². The van der Waals surface area contributed by atoms with Crippen LogP contribution in [0.2, 0.25) is 0 Å². The summed E-state index contributed by atoms with van der Waals surface area (Å²) in [6, 6.07) is 2.23. The number of hydrogen-bond acceptors (Lipinski definition) is 2. The highest BCUT2D eigenvalue weighted by Crippen LogP contribution is 2.17. The fourth-order valence-corrected chi connectivity index (χ4v) is 1.22. The largest absolute Gasteiger partial charge is 0.313 e. The molecule has 0 heterocycles. The second kappa shape index (κ2) is 6.02. The number of rotatable bonds is 6. The lowest BCUT2D eigenvalue weighted by molar-refractivity contribution is 0.429. The smallest absolute Gasteiger partial charge is 0.104 e. The number of nitriles is 1. The molecule has 0 aromatic heterocycles. The Morgan fingerprint density at radius 2 is 1.58 bits per heavy atom. The molecule has 0 aliphatic rings. The topological polar surface area (TPSA) is 49.8 Å². The first-order valence-corrected chi connectivity index (χ1v) is 4.88. The molecule has 70 valence electrons. The van der Waals surface area contributed by atoms with Crippen molar-refractivity contribution in [1.82, 2.24) is 0 Å². The highest BCUT2D eigenvalue weighted by Gasteiger charge is 2.22. The predicted molar refractivity (Wildman–Crippen MR) is 51.6 cm³/mol. The van der Waals surface area contributed by atoms with Crippen LogP contribution in [0, 0.1) is 11.3 Å². The summed E-state index contributed by atoms with van der Waals surface area (Å²) < 4.78 is 0. The summed E-state index contributed by atoms with van der Waals surface area (Å²) in [4.78, 5) is 0. The van der Waals surface area contributed by atoms with Crippen LogP contribution in [-0.4, -0.2) is 5.54 Å². The molecule has 2 heteroatoms. The Bertz CT molecular complexity index is 138. The second-order valence-corrected chi connectivity index (χ2v) is 3.48. The van der Waals surface area contributed by atoms with E-state index in [1.165, 1.54) is 0 Å². The van der Waals surface area contributed by atoms with E-state index >= 15 is 0 Å². The van der Waals surface area contributed by atoms with Crippen LogP contribution in [0.1, 0.15) is 52.4 Å². The van der Waals surface area contributed by atoms with Crippen LogP contribution in [0.15, 0.2) is 0 Å². The van der Waals surface area contributed by atoms with Crippen LogP contribution in [0.25, 0.3) is 0 Å². The number of hydrogen-bond donors (Lipinski definition) is 1. The molecule has 0 radical (unpaired) electrons. The quantitative estimate of drug-likeness (QED) is 0.662. The van der Waals surface area contributed by atoms with Crippen molar-refractivity contribution in [1.29, 1.82) is 5.26 Å². The Morgan fingerprint density at radius 3 is 1.83 bits per heavy atom. The molecule has 0 rings (SSSR count). The first-order chi connectivity index (χ1) is 5.68. The van der Waals surface area contributed by atoms with Crippen molar-refractivity contribution < 1.29 is 0 Å². The van der Waals surface area contributed by atoms with Gasteiger partial charge < -0.3 is 5.73 Å². The zero-order valence-corrected chi connectivity index (χ0v) is 8.27. The summed E-state index contributed by atoms with van der Waals surface area (Å²) >= 11 is 0. The van der Waals surface area contributed by atoms with Crippen LogP contribution in [0.5, 0.6) is 0 Å². The molecule has 0 bridgehead atoms. The fourth-order valence-electron chi connectivity index (χ4n) is 1.22. The molecule has 0 atom stereocenters. The number of unbranched alkanes of at least 4 members (excludes halogenated alkanes) is 2. The zero-order valence-electron chi connectivity index (χ0n) is 8.27. The normalized spacial score (nSPS) is 11.2. The Hall–Kier alpha value is -0.550. The first-order valence-electron chi connectivity index (χ1n) is 4.88. The number of nitrogens with zero attached hydrogens (tertiary/aromatic N) is 1. The van der Waals surface area contributed by atoms with Gasteiger partial charge in [-0.25, -0.2) is 0 Å². The molecule has 0 spiro atoms. The summed E-state index contributed by atoms with van der Waals surface area (Å²) in [6.45, 7) is 4.25. The van der Waals surface area contributed by atoms with Gasteiger partial charge in [-0.15, -0.1) is 0 Å². The minimum Gasteiger partial charge on any atom is -0.313 e. The highest BCUT2D eigenvalue weighted by molar-refractivity contribution is 5.03. The van der Waals surface area contributed by atoms with E-state index in [1.807, 2.05) is 0 Å². The molecule has 0 amide bonds. The van der Waals surface area contributed by atoms with Gasteiger partial charge in [-0.2, -0.15) is 5.26 Å². The average Bonchev–Trinajstić information content (AvgIpc) is 2.11. The summed E-state index contributed by atoms with van der Waals surface area (Å²) in [5.74, 6) is 0. The maximum absolute atomic E-state index is 8.86. The molecule has 0 fully saturated rings. The van der Waals surface area contributed by atoms with Crippen LogP contribution >= 0.6 is 0 Å². The van der Waals surface area contributed by atoms with E-state index in [1.54, 1.807) is 0 Å². The van der Waals surface area contributed by atoms with Gasteiger partial charge in [-0.05, 0) is 12.8 Å². The average molecular weight is 168 g/mol. The van der Waals surface area contributed by atoms with Crippen LogP contribution in [0.4, 0.5) is 0 Å². The molecule has 0 aromatic rings. The van der Waals surface area contributed by atoms with Crippen LogP contribution < -0.4 is 5.73 Å². The van der Waals surface area contributed by atoms with E-state index in [-0.39, 0.29) is 0 Å². The lowest BCUT2D eigenvalue weighted by atomic mass is 9.90. The third-order valence-electron chi connectivity index (χ3n) is 2.18. The molecule has 0 aromatic carbocycles. The highest BCUT2D eigenvalue weighted by atomic mass is 14.7. The third-order valence-corrected chi connectivity index (χ3v) is 2.18. The Labute approximate surface area is 75.8 Å². The van der Waals surface area contributed by atoms with Crippen LogP contribution in [0.3, 0.4) is 0 Å². The van der Waals surface area contributed by atoms with Gasteiger partial charge in [0.15, 0.2) is 0 Å². The first kappa shape index (κ1) is 11.4. The minimum atomic E-state index is -0.550. The van der Waals surface area contributed by atoms with Gasteiger partial charge in [-0.3, -0.25) is 0 Å². The van der Waals surface area contributed by atoms with Crippen molar-refractivity contribution in [2.75, 3.05) is 0 Å². The van der Waals surface area contributed by atoms with E-state index in [0.29, 0.717) is 0 Å². The van der Waals surface area contributed by atoms with Crippen LogP contribution in [-0.2, 0) is 0 Å². The van der Waals surface area contributed by atoms with E-state index < -0.39 is 5.54 Å². The molecule has 0 saturated heterocycles. The van der Waals surface area contributed by atoms with Crippen molar-refractivity contribution >= 4 is 0 Å². The lowest BCUT2D eigenvalue weighted by Gasteiger charge is -2.20. The molecular formula is C10H20N2. The van der Waals surface area contributed by atoms with Gasteiger partial charge in [0.2, 0.25) is 0 Å². The number of nitrogens with two attached hydrogens (primary N) is 1. The minimum absolute atomic E-state index is 0.550. The molecule has 12 heavy (non-hydrogen) atoms. The van der Waals surface area contributed by atoms with Gasteiger partial charge in [0.25, 0.3) is 0 Å². The zero-order chi connectivity index (χ0) is 9.45. The summed E-state index contributed by atoms with van der Waals surface area (Å²) in [5, 5.41) is 8.86. The van der Waals surface area contributed by atoms with Crippen molar-refractivity contribution in [2.24, 2.45) is 5.73 Å². The molecular weight excluding hydrogens is 148 g/mol. The second-order valence-electron chi connectivity index (χ2n) is 3.48. The maximum atomic E-state index is 8.86. The Kier molecular flexibility index (Phi) is 5.74. The van der Waals surface area contributed by atoms with Crippen molar-refractivity contribution in [3.63, 3.8) is 0 Å². The van der Waals surface area contributed by atoms with Crippen molar-refractivity contribution in [3.05, 3.63) is 0 Å². The van der Waals surface area contributed by atoms with Gasteiger partial charge in [0.1, 0.15) is 5.54 Å². The van der Waals surface area contributed by atoms with Gasteiger partial charge in [0.05, 0.1) is 6.07 Å². The van der Waals surface area contributed by atoms with E-state index in [4.69, 9.17) is 11.0 Å². The standard InChI is InChI=1S/C10H20N2/c1-3-5-7-10(12,9-11)8-6-4-2/h3-8,12H2,1-2H3.